The normalized spacial score (nSPS) is 13.1. The molecule has 16 heavy (non-hydrogen) atoms. The molecule has 0 fully saturated rings. The van der Waals surface area contributed by atoms with E-state index in [1.54, 1.807) is 12.1 Å². The molecule has 5 heteroatoms. The first-order valence-electron chi connectivity index (χ1n) is 4.73. The molecule has 1 N–H and O–H groups in total. The van der Waals surface area contributed by atoms with Gasteiger partial charge in [0, 0.05) is 4.47 Å². The fourth-order valence-electron chi connectivity index (χ4n) is 1.12. The molecule has 1 atom stereocenters. The second kappa shape index (κ2) is 5.48. The van der Waals surface area contributed by atoms with E-state index >= 15 is 0 Å². The smallest absolute Gasteiger partial charge is 0.207 e. The molecular formula is C11H12BrNO2S. The monoisotopic (exact) mass is 301 g/mol. The molecule has 3 nitrogen and oxygen atoms in total. The zero-order chi connectivity index (χ0) is 12.2. The largest absolute Gasteiger partial charge is 0.241 e. The maximum absolute atomic E-state index is 11.9. The molecule has 0 aliphatic heterocycles. The molecule has 0 aliphatic rings. The van der Waals surface area contributed by atoms with Crippen LogP contribution in [0.4, 0.5) is 0 Å². The van der Waals surface area contributed by atoms with Crippen LogP contribution in [0.15, 0.2) is 33.6 Å². The molecule has 0 radical (unpaired) electrons. The summed E-state index contributed by atoms with van der Waals surface area (Å²) < 4.78 is 26.9. The lowest BCUT2D eigenvalue weighted by molar-refractivity contribution is 0.570. The van der Waals surface area contributed by atoms with E-state index in [9.17, 15) is 8.42 Å². The molecular weight excluding hydrogens is 290 g/mol. The van der Waals surface area contributed by atoms with E-state index in [2.05, 4.69) is 26.6 Å². The Kier molecular flexibility index (Phi) is 4.54. The maximum atomic E-state index is 11.9. The topological polar surface area (TPSA) is 46.2 Å². The predicted molar refractivity (Wildman–Crippen MR) is 67.4 cm³/mol. The van der Waals surface area contributed by atoms with E-state index in [1.165, 1.54) is 12.1 Å². The molecule has 1 aromatic rings. The summed E-state index contributed by atoms with van der Waals surface area (Å²) in [6.07, 6.45) is 5.77. The molecule has 0 heterocycles. The Morgan fingerprint density at radius 2 is 2.25 bits per heavy atom. The fraction of sp³-hybridized carbons (Fsp3) is 0.273. The van der Waals surface area contributed by atoms with E-state index < -0.39 is 16.1 Å². The number of sulfonamides is 1. The van der Waals surface area contributed by atoms with Gasteiger partial charge in [-0.1, -0.05) is 34.8 Å². The zero-order valence-corrected chi connectivity index (χ0v) is 11.2. The Morgan fingerprint density at radius 1 is 1.56 bits per heavy atom. The molecule has 1 aromatic carbocycles. The molecule has 0 aromatic heterocycles. The highest BCUT2D eigenvalue weighted by molar-refractivity contribution is 9.10. The van der Waals surface area contributed by atoms with Crippen molar-refractivity contribution in [3.05, 3.63) is 28.7 Å². The minimum atomic E-state index is -3.53. The molecule has 1 unspecified atom stereocenters. The van der Waals surface area contributed by atoms with Crippen LogP contribution in [-0.2, 0) is 10.0 Å². The summed E-state index contributed by atoms with van der Waals surface area (Å²) in [6, 6.07) is 6.01. The van der Waals surface area contributed by atoms with Gasteiger partial charge in [0.2, 0.25) is 10.0 Å². The summed E-state index contributed by atoms with van der Waals surface area (Å²) in [4.78, 5) is 0.204. The molecule has 0 aliphatic carbocycles. The minimum Gasteiger partial charge on any atom is -0.207 e. The first kappa shape index (κ1) is 13.2. The van der Waals surface area contributed by atoms with Crippen molar-refractivity contribution < 1.29 is 8.42 Å². The highest BCUT2D eigenvalue weighted by Crippen LogP contribution is 2.16. The number of hydrogen-bond donors (Lipinski definition) is 1. The Labute approximate surface area is 104 Å². The van der Waals surface area contributed by atoms with Crippen LogP contribution in [-0.4, -0.2) is 14.5 Å². The number of benzene rings is 1. The lowest BCUT2D eigenvalue weighted by atomic mass is 10.3. The Hall–Kier alpha value is -0.830. The molecule has 0 spiro atoms. The van der Waals surface area contributed by atoms with Crippen molar-refractivity contribution in [1.82, 2.24) is 4.72 Å². The van der Waals surface area contributed by atoms with Gasteiger partial charge in [-0.05, 0) is 24.6 Å². The van der Waals surface area contributed by atoms with Crippen molar-refractivity contribution in [3.8, 4) is 12.3 Å². The molecule has 0 bridgehead atoms. The summed E-state index contributed by atoms with van der Waals surface area (Å²) in [5.74, 6) is 2.39. The van der Waals surface area contributed by atoms with Crippen molar-refractivity contribution in [1.29, 1.82) is 0 Å². The van der Waals surface area contributed by atoms with Crippen molar-refractivity contribution >= 4 is 26.0 Å². The Bertz CT molecular complexity index is 505. The van der Waals surface area contributed by atoms with Gasteiger partial charge in [0.15, 0.2) is 0 Å². The van der Waals surface area contributed by atoms with Crippen LogP contribution in [0.2, 0.25) is 0 Å². The van der Waals surface area contributed by atoms with E-state index in [1.807, 2.05) is 6.92 Å². The lowest BCUT2D eigenvalue weighted by Crippen LogP contribution is -2.33. The number of terminal acetylenes is 1. The molecule has 0 amide bonds. The van der Waals surface area contributed by atoms with Crippen LogP contribution >= 0.6 is 15.9 Å². The Morgan fingerprint density at radius 3 is 2.75 bits per heavy atom. The van der Waals surface area contributed by atoms with Crippen LogP contribution in [0.3, 0.4) is 0 Å². The summed E-state index contributed by atoms with van der Waals surface area (Å²) in [5.41, 5.74) is 0. The summed E-state index contributed by atoms with van der Waals surface area (Å²) in [5, 5.41) is 0. The van der Waals surface area contributed by atoms with Gasteiger partial charge >= 0.3 is 0 Å². The van der Waals surface area contributed by atoms with Gasteiger partial charge in [0.25, 0.3) is 0 Å². The number of rotatable bonds is 4. The number of halogens is 1. The van der Waals surface area contributed by atoms with Crippen LogP contribution in [0.5, 0.6) is 0 Å². The van der Waals surface area contributed by atoms with E-state index in [0.717, 1.165) is 0 Å². The van der Waals surface area contributed by atoms with E-state index in [0.29, 0.717) is 10.9 Å². The molecule has 1 rings (SSSR count). The standard InChI is InChI=1S/C11H12BrNO2S/c1-3-10(4-2)13-16(14,15)11-7-5-6-9(12)8-11/h1,5-8,10,13H,4H2,2H3. The minimum absolute atomic E-state index is 0.204. The molecule has 0 saturated carbocycles. The van der Waals surface area contributed by atoms with Gasteiger partial charge in [-0.15, -0.1) is 6.42 Å². The number of nitrogens with one attached hydrogen (secondary N) is 1. The lowest BCUT2D eigenvalue weighted by Gasteiger charge is -2.11. The van der Waals surface area contributed by atoms with Crippen molar-refractivity contribution in [3.63, 3.8) is 0 Å². The predicted octanol–water partition coefficient (Wildman–Crippen LogP) is 2.14. The van der Waals surface area contributed by atoms with Crippen molar-refractivity contribution in [2.24, 2.45) is 0 Å². The second-order valence-electron chi connectivity index (χ2n) is 3.21. The van der Waals surface area contributed by atoms with Gasteiger partial charge in [-0.25, -0.2) is 8.42 Å². The fourth-order valence-corrected chi connectivity index (χ4v) is 2.96. The third kappa shape index (κ3) is 3.34. The third-order valence-electron chi connectivity index (χ3n) is 2.01. The first-order chi connectivity index (χ1) is 7.49. The SMILES string of the molecule is C#CC(CC)NS(=O)(=O)c1cccc(Br)c1. The highest BCUT2D eigenvalue weighted by Gasteiger charge is 2.17. The quantitative estimate of drug-likeness (QED) is 0.866. The number of hydrogen-bond acceptors (Lipinski definition) is 2. The maximum Gasteiger partial charge on any atom is 0.241 e. The summed E-state index contributed by atoms with van der Waals surface area (Å²) in [6.45, 7) is 1.83. The van der Waals surface area contributed by atoms with Crippen molar-refractivity contribution in [2.75, 3.05) is 0 Å². The molecule has 0 saturated heterocycles. The van der Waals surface area contributed by atoms with Crippen LogP contribution in [0, 0.1) is 12.3 Å². The average Bonchev–Trinajstić information content (AvgIpc) is 2.26. The van der Waals surface area contributed by atoms with Crippen molar-refractivity contribution in [2.45, 2.75) is 24.3 Å². The van der Waals surface area contributed by atoms with Crippen LogP contribution < -0.4 is 4.72 Å². The van der Waals surface area contributed by atoms with Gasteiger partial charge in [-0.3, -0.25) is 0 Å². The van der Waals surface area contributed by atoms with Crippen LogP contribution in [0.1, 0.15) is 13.3 Å². The van der Waals surface area contributed by atoms with Gasteiger partial charge in [0.1, 0.15) is 0 Å². The highest BCUT2D eigenvalue weighted by atomic mass is 79.9. The van der Waals surface area contributed by atoms with Gasteiger partial charge in [-0.2, -0.15) is 4.72 Å². The summed E-state index contributed by atoms with van der Waals surface area (Å²) >= 11 is 3.22. The van der Waals surface area contributed by atoms with E-state index in [4.69, 9.17) is 6.42 Å². The third-order valence-corrected chi connectivity index (χ3v) is 3.98. The van der Waals surface area contributed by atoms with Crippen LogP contribution in [0.25, 0.3) is 0 Å². The molecule has 86 valence electrons. The van der Waals surface area contributed by atoms with E-state index in [-0.39, 0.29) is 4.90 Å². The second-order valence-corrected chi connectivity index (χ2v) is 5.84. The van der Waals surface area contributed by atoms with Gasteiger partial charge < -0.3 is 0 Å². The van der Waals surface area contributed by atoms with Gasteiger partial charge in [0.05, 0.1) is 10.9 Å². The zero-order valence-electron chi connectivity index (χ0n) is 8.77. The summed E-state index contributed by atoms with van der Waals surface area (Å²) in [7, 11) is -3.53. The Balaban J connectivity index is 3.00. The first-order valence-corrected chi connectivity index (χ1v) is 7.01. The average molecular weight is 302 g/mol.